The van der Waals surface area contributed by atoms with E-state index in [1.807, 2.05) is 0 Å². The van der Waals surface area contributed by atoms with E-state index in [2.05, 4.69) is 16.6 Å². The molecule has 4 nitrogen and oxygen atoms in total. The van der Waals surface area contributed by atoms with Gasteiger partial charge in [0.05, 0.1) is 0 Å². The van der Waals surface area contributed by atoms with Crippen LogP contribution in [0.1, 0.15) is 18.4 Å². The predicted molar refractivity (Wildman–Crippen MR) is 63.7 cm³/mol. The van der Waals surface area contributed by atoms with Crippen molar-refractivity contribution in [2.45, 2.75) is 23.8 Å². The maximum Gasteiger partial charge on any atom is 0.243 e. The molecule has 0 unspecified atom stereocenters. The average Bonchev–Trinajstić information content (AvgIpc) is 3.09. The van der Waals surface area contributed by atoms with E-state index in [9.17, 15) is 12.8 Å². The molecule has 0 bridgehead atoms. The molecule has 6 heteroatoms. The number of sulfonamides is 1. The quantitative estimate of drug-likeness (QED) is 0.790. The van der Waals surface area contributed by atoms with Crippen LogP contribution in [0.5, 0.6) is 0 Å². The Hall–Kier alpha value is -1.42. The van der Waals surface area contributed by atoms with E-state index in [1.54, 1.807) is 0 Å². The van der Waals surface area contributed by atoms with Gasteiger partial charge in [-0.05, 0) is 31.0 Å². The lowest BCUT2D eigenvalue weighted by atomic mass is 10.2. The van der Waals surface area contributed by atoms with Crippen LogP contribution in [0, 0.1) is 17.7 Å². The van der Waals surface area contributed by atoms with E-state index < -0.39 is 15.8 Å². The second-order valence-corrected chi connectivity index (χ2v) is 5.68. The van der Waals surface area contributed by atoms with Gasteiger partial charge in [0.2, 0.25) is 10.0 Å². The van der Waals surface area contributed by atoms with E-state index in [-0.39, 0.29) is 17.5 Å². The van der Waals surface area contributed by atoms with Crippen LogP contribution >= 0.6 is 0 Å². The predicted octanol–water partition coefficient (Wildman–Crippen LogP) is 0.610. The number of nitrogens with one attached hydrogen (secondary N) is 1. The first kappa shape index (κ1) is 13.0. The van der Waals surface area contributed by atoms with Crippen LogP contribution in [0.3, 0.4) is 0 Å². The number of hydrogen-bond acceptors (Lipinski definition) is 3. The summed E-state index contributed by atoms with van der Waals surface area (Å²) in [6, 6.07) is 3.57. The Labute approximate surface area is 105 Å². The topological polar surface area (TPSA) is 66.4 Å². The zero-order chi connectivity index (χ0) is 13.2. The van der Waals surface area contributed by atoms with Crippen LogP contribution in [-0.2, 0) is 10.0 Å². The summed E-state index contributed by atoms with van der Waals surface area (Å²) in [5.41, 5.74) is 0.326. The molecule has 2 rings (SSSR count). The zero-order valence-electron chi connectivity index (χ0n) is 9.48. The van der Waals surface area contributed by atoms with Gasteiger partial charge in [0.15, 0.2) is 0 Å². The van der Waals surface area contributed by atoms with Gasteiger partial charge in [-0.2, -0.15) is 0 Å². The lowest BCUT2D eigenvalue weighted by molar-refractivity contribution is 0.350. The highest BCUT2D eigenvalue weighted by molar-refractivity contribution is 7.89. The number of aliphatic hydroxyl groups is 1. The highest BCUT2D eigenvalue weighted by Crippen LogP contribution is 2.23. The molecule has 1 aliphatic carbocycles. The SMILES string of the molecule is O=S(=O)(NC1CC1)c1ccc(C#CCO)cc1F. The van der Waals surface area contributed by atoms with E-state index >= 15 is 0 Å². The molecule has 0 atom stereocenters. The summed E-state index contributed by atoms with van der Waals surface area (Å²) in [6.07, 6.45) is 1.59. The second kappa shape index (κ2) is 5.06. The van der Waals surface area contributed by atoms with Crippen LogP contribution in [0.4, 0.5) is 4.39 Å². The molecule has 0 aromatic heterocycles. The summed E-state index contributed by atoms with van der Waals surface area (Å²) in [7, 11) is -3.79. The first-order chi connectivity index (χ1) is 8.53. The molecule has 1 aromatic carbocycles. The maximum absolute atomic E-state index is 13.7. The summed E-state index contributed by atoms with van der Waals surface area (Å²) in [5.74, 6) is 4.04. The van der Waals surface area contributed by atoms with Gasteiger partial charge in [0, 0.05) is 11.6 Å². The highest BCUT2D eigenvalue weighted by Gasteiger charge is 2.29. The lowest BCUT2D eigenvalue weighted by Gasteiger charge is -2.06. The Morgan fingerprint density at radius 3 is 2.72 bits per heavy atom. The molecular weight excluding hydrogens is 257 g/mol. The van der Waals surface area contributed by atoms with Crippen molar-refractivity contribution in [3.8, 4) is 11.8 Å². The van der Waals surface area contributed by atoms with Gasteiger partial charge < -0.3 is 5.11 Å². The summed E-state index contributed by atoms with van der Waals surface area (Å²) in [4.78, 5) is -0.371. The fraction of sp³-hybridized carbons (Fsp3) is 0.333. The minimum Gasteiger partial charge on any atom is -0.384 e. The third-order valence-corrected chi connectivity index (χ3v) is 3.99. The Balaban J connectivity index is 2.28. The van der Waals surface area contributed by atoms with Crippen molar-refractivity contribution in [2.24, 2.45) is 0 Å². The van der Waals surface area contributed by atoms with Crippen LogP contribution in [0.25, 0.3) is 0 Å². The summed E-state index contributed by atoms with van der Waals surface area (Å²) >= 11 is 0. The molecular formula is C12H12FNO3S. The third-order valence-electron chi connectivity index (χ3n) is 2.43. The number of hydrogen-bond donors (Lipinski definition) is 2. The normalized spacial score (nSPS) is 15.0. The summed E-state index contributed by atoms with van der Waals surface area (Å²) in [5, 5.41) is 8.51. The van der Waals surface area contributed by atoms with Gasteiger partial charge in [-0.3, -0.25) is 0 Å². The van der Waals surface area contributed by atoms with E-state index in [0.717, 1.165) is 18.9 Å². The molecule has 0 aliphatic heterocycles. The number of rotatable bonds is 3. The second-order valence-electron chi connectivity index (χ2n) is 4.00. The lowest BCUT2D eigenvalue weighted by Crippen LogP contribution is -2.26. The fourth-order valence-electron chi connectivity index (χ4n) is 1.42. The highest BCUT2D eigenvalue weighted by atomic mass is 32.2. The molecule has 2 N–H and O–H groups in total. The molecule has 1 fully saturated rings. The molecule has 1 aromatic rings. The Bertz CT molecular complexity index is 612. The van der Waals surface area contributed by atoms with Gasteiger partial charge in [-0.15, -0.1) is 0 Å². The molecule has 0 radical (unpaired) electrons. The molecule has 0 amide bonds. The Morgan fingerprint density at radius 1 is 1.44 bits per heavy atom. The summed E-state index contributed by atoms with van der Waals surface area (Å²) in [6.45, 7) is -0.328. The molecule has 0 saturated heterocycles. The van der Waals surface area contributed by atoms with E-state index in [4.69, 9.17) is 5.11 Å². The van der Waals surface area contributed by atoms with Gasteiger partial charge in [0.25, 0.3) is 0 Å². The van der Waals surface area contributed by atoms with Gasteiger partial charge >= 0.3 is 0 Å². The van der Waals surface area contributed by atoms with Crippen molar-refractivity contribution in [1.82, 2.24) is 4.72 Å². The molecule has 0 spiro atoms. The largest absolute Gasteiger partial charge is 0.384 e. The van der Waals surface area contributed by atoms with Crippen molar-refractivity contribution in [3.63, 3.8) is 0 Å². The van der Waals surface area contributed by atoms with Crippen molar-refractivity contribution in [2.75, 3.05) is 6.61 Å². The molecule has 1 saturated carbocycles. The van der Waals surface area contributed by atoms with E-state index in [0.29, 0.717) is 5.56 Å². The van der Waals surface area contributed by atoms with Crippen LogP contribution in [0.2, 0.25) is 0 Å². The fourth-order valence-corrected chi connectivity index (χ4v) is 2.79. The number of halogens is 1. The van der Waals surface area contributed by atoms with Crippen molar-refractivity contribution in [3.05, 3.63) is 29.6 Å². The Morgan fingerprint density at radius 2 is 2.17 bits per heavy atom. The first-order valence-electron chi connectivity index (χ1n) is 5.44. The number of aliphatic hydroxyl groups excluding tert-OH is 1. The summed E-state index contributed by atoms with van der Waals surface area (Å²) < 4.78 is 39.7. The van der Waals surface area contributed by atoms with Crippen LogP contribution in [-0.4, -0.2) is 26.2 Å². The van der Waals surface area contributed by atoms with Crippen LogP contribution in [0.15, 0.2) is 23.1 Å². The van der Waals surface area contributed by atoms with Gasteiger partial charge in [-0.1, -0.05) is 11.8 Å². The van der Waals surface area contributed by atoms with Crippen molar-refractivity contribution in [1.29, 1.82) is 0 Å². The number of benzene rings is 1. The smallest absolute Gasteiger partial charge is 0.243 e. The zero-order valence-corrected chi connectivity index (χ0v) is 10.3. The average molecular weight is 269 g/mol. The minimum absolute atomic E-state index is 0.0664. The first-order valence-corrected chi connectivity index (χ1v) is 6.93. The standard InChI is InChI=1S/C12H12FNO3S/c13-11-8-9(2-1-7-15)3-6-12(11)18(16,17)14-10-4-5-10/h3,6,8,10,14-15H,4-5,7H2. The van der Waals surface area contributed by atoms with Crippen LogP contribution < -0.4 is 4.72 Å². The molecule has 1 aliphatic rings. The van der Waals surface area contributed by atoms with Crippen molar-refractivity contribution < 1.29 is 17.9 Å². The van der Waals surface area contributed by atoms with E-state index in [1.165, 1.54) is 12.1 Å². The van der Waals surface area contributed by atoms with Gasteiger partial charge in [0.1, 0.15) is 17.3 Å². The monoisotopic (exact) mass is 269 g/mol. The van der Waals surface area contributed by atoms with Crippen molar-refractivity contribution >= 4 is 10.0 Å². The van der Waals surface area contributed by atoms with Gasteiger partial charge in [-0.25, -0.2) is 17.5 Å². The molecule has 96 valence electrons. The molecule has 0 heterocycles. The molecule has 18 heavy (non-hydrogen) atoms. The Kier molecular flexibility index (Phi) is 3.66. The maximum atomic E-state index is 13.7. The third kappa shape index (κ3) is 3.07. The minimum atomic E-state index is -3.79.